The van der Waals surface area contributed by atoms with Crippen LogP contribution in [0.15, 0.2) is 36.7 Å². The first-order chi connectivity index (χ1) is 11.1. The highest BCUT2D eigenvalue weighted by molar-refractivity contribution is 6.00. The highest BCUT2D eigenvalue weighted by Crippen LogP contribution is 2.28. The van der Waals surface area contributed by atoms with Gasteiger partial charge in [-0.3, -0.25) is 9.78 Å². The molecule has 1 unspecified atom stereocenters. The lowest BCUT2D eigenvalue weighted by Crippen LogP contribution is -2.39. The molecule has 0 bridgehead atoms. The molecule has 1 atom stereocenters. The maximum Gasteiger partial charge on any atom is 0.359 e. The first-order valence-corrected chi connectivity index (χ1v) is 7.45. The lowest BCUT2D eigenvalue weighted by Gasteiger charge is -2.21. The fraction of sp³-hybridized carbons (Fsp3) is 0.294. The smallest absolute Gasteiger partial charge is 0.359 e. The first-order valence-electron chi connectivity index (χ1n) is 7.45. The summed E-state index contributed by atoms with van der Waals surface area (Å²) in [6.07, 6.45) is 2.77. The first kappa shape index (κ1) is 15.1. The van der Waals surface area contributed by atoms with Crippen LogP contribution in [0.3, 0.4) is 0 Å². The Morgan fingerprint density at radius 1 is 1.22 bits per heavy atom. The lowest BCUT2D eigenvalue weighted by atomic mass is 10.2. The summed E-state index contributed by atoms with van der Waals surface area (Å²) < 4.78 is 5.23. The van der Waals surface area contributed by atoms with Gasteiger partial charge in [-0.15, -0.1) is 0 Å². The zero-order valence-electron chi connectivity index (χ0n) is 13.0. The minimum absolute atomic E-state index is 0.0945. The zero-order valence-corrected chi connectivity index (χ0v) is 13.0. The van der Waals surface area contributed by atoms with Crippen molar-refractivity contribution in [2.45, 2.75) is 26.4 Å². The average Bonchev–Trinajstić information content (AvgIpc) is 2.98. The summed E-state index contributed by atoms with van der Waals surface area (Å²) in [5.74, 6) is -0.880. The summed E-state index contributed by atoms with van der Waals surface area (Å²) in [7, 11) is 0. The van der Waals surface area contributed by atoms with Crippen molar-refractivity contribution in [3.63, 3.8) is 0 Å². The second-order valence-corrected chi connectivity index (χ2v) is 5.46. The van der Waals surface area contributed by atoms with Gasteiger partial charge in [-0.1, -0.05) is 18.2 Å². The normalized spacial score (nSPS) is 14.3. The Labute approximate surface area is 134 Å². The van der Waals surface area contributed by atoms with Gasteiger partial charge >= 0.3 is 5.97 Å². The molecule has 2 aromatic rings. The van der Waals surface area contributed by atoms with Crippen molar-refractivity contribution in [1.82, 2.24) is 9.97 Å². The van der Waals surface area contributed by atoms with Gasteiger partial charge in [-0.2, -0.15) is 0 Å². The van der Waals surface area contributed by atoms with Crippen LogP contribution in [0, 0.1) is 6.92 Å². The quantitative estimate of drug-likeness (QED) is 0.810. The van der Waals surface area contributed by atoms with Gasteiger partial charge in [0.25, 0.3) is 5.91 Å². The SMILES string of the molecule is Cc1cnc(C(=O)OC(C)C(=O)N2CCc3ccccc32)cn1. The summed E-state index contributed by atoms with van der Waals surface area (Å²) in [6.45, 7) is 3.95. The number of aromatic nitrogens is 2. The molecule has 0 spiro atoms. The van der Waals surface area contributed by atoms with E-state index in [1.807, 2.05) is 24.3 Å². The molecule has 0 saturated carbocycles. The van der Waals surface area contributed by atoms with E-state index in [0.717, 1.165) is 17.7 Å². The van der Waals surface area contributed by atoms with E-state index < -0.39 is 12.1 Å². The molecule has 0 radical (unpaired) electrons. The van der Waals surface area contributed by atoms with Gasteiger partial charge in [0.05, 0.1) is 11.9 Å². The van der Waals surface area contributed by atoms with Crippen LogP contribution in [0.5, 0.6) is 0 Å². The molecule has 0 fully saturated rings. The van der Waals surface area contributed by atoms with Crippen molar-refractivity contribution >= 4 is 17.6 Å². The Kier molecular flexibility index (Phi) is 4.06. The molecule has 6 heteroatoms. The molecule has 3 rings (SSSR count). The van der Waals surface area contributed by atoms with E-state index in [-0.39, 0.29) is 11.6 Å². The molecule has 0 N–H and O–H groups in total. The van der Waals surface area contributed by atoms with Crippen molar-refractivity contribution in [2.24, 2.45) is 0 Å². The summed E-state index contributed by atoms with van der Waals surface area (Å²) in [6, 6.07) is 7.75. The third-order valence-corrected chi connectivity index (χ3v) is 3.77. The number of esters is 1. The number of hydrogen-bond acceptors (Lipinski definition) is 5. The Balaban J connectivity index is 1.69. The molecule has 1 aliphatic rings. The van der Waals surface area contributed by atoms with Crippen LogP contribution in [0.1, 0.15) is 28.7 Å². The summed E-state index contributed by atoms with van der Waals surface area (Å²) in [5.41, 5.74) is 2.82. The lowest BCUT2D eigenvalue weighted by molar-refractivity contribution is -0.126. The standard InChI is InChI=1S/C17H17N3O3/c1-11-9-19-14(10-18-11)17(22)23-12(2)16(21)20-8-7-13-5-3-4-6-15(13)20/h3-6,9-10,12H,7-8H2,1-2H3. The van der Waals surface area contributed by atoms with Crippen LogP contribution in [0.25, 0.3) is 0 Å². The maximum absolute atomic E-state index is 12.5. The van der Waals surface area contributed by atoms with Crippen molar-refractivity contribution in [2.75, 3.05) is 11.4 Å². The fourth-order valence-corrected chi connectivity index (χ4v) is 2.56. The zero-order chi connectivity index (χ0) is 16.4. The number of ether oxygens (including phenoxy) is 1. The second kappa shape index (κ2) is 6.16. The third-order valence-electron chi connectivity index (χ3n) is 3.77. The van der Waals surface area contributed by atoms with Gasteiger partial charge < -0.3 is 9.64 Å². The number of amides is 1. The fourth-order valence-electron chi connectivity index (χ4n) is 2.56. The molecule has 1 aromatic carbocycles. The molecular formula is C17H17N3O3. The highest BCUT2D eigenvalue weighted by atomic mass is 16.5. The van der Waals surface area contributed by atoms with E-state index in [2.05, 4.69) is 9.97 Å². The number of carbonyl (C=O) groups is 2. The number of para-hydroxylation sites is 1. The molecule has 0 saturated heterocycles. The van der Waals surface area contributed by atoms with Crippen LogP contribution in [-0.4, -0.2) is 34.5 Å². The van der Waals surface area contributed by atoms with Crippen LogP contribution in [-0.2, 0) is 16.0 Å². The molecular weight excluding hydrogens is 294 g/mol. The minimum Gasteiger partial charge on any atom is -0.448 e. The molecule has 1 amide bonds. The molecule has 23 heavy (non-hydrogen) atoms. The number of anilines is 1. The Bertz CT molecular complexity index is 743. The largest absolute Gasteiger partial charge is 0.448 e. The van der Waals surface area contributed by atoms with Gasteiger partial charge in [0.2, 0.25) is 0 Å². The summed E-state index contributed by atoms with van der Waals surface area (Å²) in [4.78, 5) is 34.2. The van der Waals surface area contributed by atoms with Crippen LogP contribution in [0.2, 0.25) is 0 Å². The van der Waals surface area contributed by atoms with Crippen molar-refractivity contribution in [3.8, 4) is 0 Å². The van der Waals surface area contributed by atoms with Crippen molar-refractivity contribution < 1.29 is 14.3 Å². The number of carbonyl (C=O) groups excluding carboxylic acids is 2. The third kappa shape index (κ3) is 3.06. The highest BCUT2D eigenvalue weighted by Gasteiger charge is 2.30. The van der Waals surface area contributed by atoms with Crippen LogP contribution >= 0.6 is 0 Å². The molecule has 2 heterocycles. The van der Waals surface area contributed by atoms with Gasteiger partial charge in [-0.05, 0) is 31.9 Å². The molecule has 1 aliphatic heterocycles. The van der Waals surface area contributed by atoms with E-state index in [1.165, 1.54) is 12.4 Å². The Morgan fingerprint density at radius 3 is 2.74 bits per heavy atom. The van der Waals surface area contributed by atoms with E-state index in [0.29, 0.717) is 12.2 Å². The number of fused-ring (bicyclic) bond motifs is 1. The molecule has 118 valence electrons. The van der Waals surface area contributed by atoms with Gasteiger partial charge in [0.1, 0.15) is 0 Å². The maximum atomic E-state index is 12.5. The number of hydrogen-bond donors (Lipinski definition) is 0. The van der Waals surface area contributed by atoms with Gasteiger partial charge in [-0.25, -0.2) is 9.78 Å². The Hall–Kier alpha value is -2.76. The second-order valence-electron chi connectivity index (χ2n) is 5.46. The number of benzene rings is 1. The molecule has 0 aliphatic carbocycles. The molecule has 1 aromatic heterocycles. The van der Waals surface area contributed by atoms with Gasteiger partial charge in [0, 0.05) is 18.4 Å². The number of nitrogens with zero attached hydrogens (tertiary/aromatic N) is 3. The monoisotopic (exact) mass is 311 g/mol. The predicted octanol–water partition coefficient (Wildman–Crippen LogP) is 1.92. The minimum atomic E-state index is -0.878. The van der Waals surface area contributed by atoms with Gasteiger partial charge in [0.15, 0.2) is 11.8 Å². The summed E-state index contributed by atoms with van der Waals surface area (Å²) in [5, 5.41) is 0. The topological polar surface area (TPSA) is 72.4 Å². The van der Waals surface area contributed by atoms with Crippen molar-refractivity contribution in [1.29, 1.82) is 0 Å². The van der Waals surface area contributed by atoms with Crippen molar-refractivity contribution in [3.05, 3.63) is 53.6 Å². The van der Waals surface area contributed by atoms with E-state index in [1.54, 1.807) is 18.7 Å². The van der Waals surface area contributed by atoms with E-state index in [4.69, 9.17) is 4.74 Å². The average molecular weight is 311 g/mol. The van der Waals surface area contributed by atoms with Crippen LogP contribution in [0.4, 0.5) is 5.69 Å². The number of rotatable bonds is 3. The number of aryl methyl sites for hydroxylation is 1. The summed E-state index contributed by atoms with van der Waals surface area (Å²) >= 11 is 0. The molecule has 6 nitrogen and oxygen atoms in total. The Morgan fingerprint density at radius 2 is 2.00 bits per heavy atom. The predicted molar refractivity (Wildman–Crippen MR) is 84.1 cm³/mol. The van der Waals surface area contributed by atoms with E-state index in [9.17, 15) is 9.59 Å². The van der Waals surface area contributed by atoms with E-state index >= 15 is 0 Å². The van der Waals surface area contributed by atoms with Crippen LogP contribution < -0.4 is 4.90 Å².